The first kappa shape index (κ1) is 17.2. The Balaban J connectivity index is 0.00000137. The molecular weight excluding hydrogens is 232 g/mol. The van der Waals surface area contributed by atoms with E-state index >= 15 is 0 Å². The van der Waals surface area contributed by atoms with E-state index in [1.54, 1.807) is 11.9 Å². The van der Waals surface area contributed by atoms with Gasteiger partial charge in [0.15, 0.2) is 0 Å². The zero-order valence-corrected chi connectivity index (χ0v) is 12.4. The molecule has 0 aromatic carbocycles. The van der Waals surface area contributed by atoms with Gasteiger partial charge in [-0.3, -0.25) is 4.90 Å². The lowest BCUT2D eigenvalue weighted by molar-refractivity contribution is 0.0321. The van der Waals surface area contributed by atoms with Gasteiger partial charge in [-0.15, -0.1) is 0 Å². The van der Waals surface area contributed by atoms with Crippen LogP contribution in [0.5, 0.6) is 0 Å². The van der Waals surface area contributed by atoms with Crippen molar-refractivity contribution in [3.8, 4) is 0 Å². The molecular formula is C13H28N2O3. The monoisotopic (exact) mass is 260 g/mol. The van der Waals surface area contributed by atoms with E-state index in [1.807, 2.05) is 27.7 Å². The molecule has 0 atom stereocenters. The Morgan fingerprint density at radius 2 is 1.89 bits per heavy atom. The van der Waals surface area contributed by atoms with Crippen molar-refractivity contribution in [2.24, 2.45) is 0 Å². The molecule has 1 aliphatic rings. The van der Waals surface area contributed by atoms with E-state index in [2.05, 4.69) is 4.90 Å². The van der Waals surface area contributed by atoms with E-state index in [4.69, 9.17) is 9.47 Å². The second-order valence-electron chi connectivity index (χ2n) is 4.31. The van der Waals surface area contributed by atoms with Crippen molar-refractivity contribution in [1.29, 1.82) is 0 Å². The van der Waals surface area contributed by atoms with E-state index in [0.717, 1.165) is 32.8 Å². The molecule has 108 valence electrons. The fourth-order valence-corrected chi connectivity index (χ4v) is 1.50. The molecule has 0 bridgehead atoms. The van der Waals surface area contributed by atoms with E-state index in [9.17, 15) is 4.79 Å². The van der Waals surface area contributed by atoms with Gasteiger partial charge >= 0.3 is 6.09 Å². The van der Waals surface area contributed by atoms with Crippen LogP contribution < -0.4 is 0 Å². The summed E-state index contributed by atoms with van der Waals surface area (Å²) in [6.45, 7) is 12.8. The maximum Gasteiger partial charge on any atom is 0.409 e. The molecule has 1 amide bonds. The maximum absolute atomic E-state index is 11.5. The summed E-state index contributed by atoms with van der Waals surface area (Å²) in [5.41, 5.74) is 0. The second kappa shape index (κ2) is 10.1. The quantitative estimate of drug-likeness (QED) is 0.773. The normalized spacial score (nSPS) is 15.9. The van der Waals surface area contributed by atoms with E-state index in [-0.39, 0.29) is 12.2 Å². The van der Waals surface area contributed by atoms with Gasteiger partial charge in [0.05, 0.1) is 19.3 Å². The molecule has 0 aromatic heterocycles. The Bertz CT molecular complexity index is 216. The van der Waals surface area contributed by atoms with Gasteiger partial charge in [0.2, 0.25) is 0 Å². The average molecular weight is 260 g/mol. The fraction of sp³-hybridized carbons (Fsp3) is 0.923. The Kier molecular flexibility index (Phi) is 9.69. The molecule has 1 saturated heterocycles. The van der Waals surface area contributed by atoms with Crippen molar-refractivity contribution < 1.29 is 14.3 Å². The number of carbonyl (C=O) groups is 1. The van der Waals surface area contributed by atoms with Gasteiger partial charge in [-0.1, -0.05) is 13.8 Å². The predicted molar refractivity (Wildman–Crippen MR) is 72.9 cm³/mol. The van der Waals surface area contributed by atoms with Crippen LogP contribution in [0, 0.1) is 0 Å². The van der Waals surface area contributed by atoms with Crippen molar-refractivity contribution in [2.75, 3.05) is 46.4 Å². The number of hydrogen-bond acceptors (Lipinski definition) is 4. The third kappa shape index (κ3) is 7.50. The van der Waals surface area contributed by atoms with Crippen LogP contribution in [0.25, 0.3) is 0 Å². The molecule has 5 heteroatoms. The van der Waals surface area contributed by atoms with Crippen molar-refractivity contribution in [3.63, 3.8) is 0 Å². The minimum absolute atomic E-state index is 0.0571. The summed E-state index contributed by atoms with van der Waals surface area (Å²) >= 11 is 0. The Hall–Kier alpha value is -0.810. The highest BCUT2D eigenvalue weighted by Crippen LogP contribution is 1.99. The first-order valence-electron chi connectivity index (χ1n) is 6.81. The summed E-state index contributed by atoms with van der Waals surface area (Å²) in [4.78, 5) is 15.4. The molecule has 5 nitrogen and oxygen atoms in total. The third-order valence-electron chi connectivity index (χ3n) is 2.50. The lowest BCUT2D eigenvalue weighted by Gasteiger charge is -2.28. The van der Waals surface area contributed by atoms with Gasteiger partial charge in [-0.2, -0.15) is 0 Å². The summed E-state index contributed by atoms with van der Waals surface area (Å²) < 4.78 is 10.4. The molecule has 0 saturated carbocycles. The Morgan fingerprint density at radius 3 is 2.39 bits per heavy atom. The minimum Gasteiger partial charge on any atom is -0.447 e. The van der Waals surface area contributed by atoms with Crippen LogP contribution in [-0.2, 0) is 9.47 Å². The molecule has 18 heavy (non-hydrogen) atoms. The van der Waals surface area contributed by atoms with Crippen LogP contribution in [0.1, 0.15) is 27.7 Å². The van der Waals surface area contributed by atoms with Crippen LogP contribution in [0.4, 0.5) is 4.79 Å². The molecule has 1 heterocycles. The molecule has 0 unspecified atom stereocenters. The lowest BCUT2D eigenvalue weighted by atomic mass is 10.4. The summed E-state index contributed by atoms with van der Waals surface area (Å²) in [6.07, 6.45) is -0.304. The Morgan fingerprint density at radius 1 is 1.33 bits per heavy atom. The largest absolute Gasteiger partial charge is 0.447 e. The zero-order chi connectivity index (χ0) is 14.0. The summed E-state index contributed by atoms with van der Waals surface area (Å²) in [6, 6.07) is 0. The van der Waals surface area contributed by atoms with Gasteiger partial charge in [-0.05, 0) is 13.8 Å². The average Bonchev–Trinajstić information content (AvgIpc) is 2.38. The number of carbonyl (C=O) groups excluding carboxylic acids is 1. The molecule has 1 fully saturated rings. The molecule has 0 aliphatic carbocycles. The van der Waals surface area contributed by atoms with E-state index in [0.29, 0.717) is 6.54 Å². The van der Waals surface area contributed by atoms with Crippen molar-refractivity contribution >= 4 is 6.09 Å². The minimum atomic E-state index is -0.247. The van der Waals surface area contributed by atoms with E-state index < -0.39 is 0 Å². The molecule has 0 spiro atoms. The topological polar surface area (TPSA) is 42.0 Å². The number of likely N-dealkylation sites (N-methyl/N-ethyl adjacent to an activating group) is 1. The molecule has 0 aromatic rings. The predicted octanol–water partition coefficient (Wildman–Crippen LogP) is 1.82. The summed E-state index contributed by atoms with van der Waals surface area (Å²) in [5.74, 6) is 0. The van der Waals surface area contributed by atoms with E-state index in [1.165, 1.54) is 0 Å². The standard InChI is InChI=1S/C11H22N2O3.C2H6/c1-10(2)16-11(14)12(3)4-5-13-6-8-15-9-7-13;1-2/h10H,4-9H2,1-3H3;1-2H3. The maximum atomic E-state index is 11.5. The van der Waals surface area contributed by atoms with Gasteiger partial charge in [0.1, 0.15) is 0 Å². The summed E-state index contributed by atoms with van der Waals surface area (Å²) in [5, 5.41) is 0. The molecule has 1 rings (SSSR count). The van der Waals surface area contributed by atoms with Gasteiger partial charge in [-0.25, -0.2) is 4.79 Å². The smallest absolute Gasteiger partial charge is 0.409 e. The molecule has 0 N–H and O–H groups in total. The first-order chi connectivity index (χ1) is 8.59. The fourth-order valence-electron chi connectivity index (χ4n) is 1.50. The number of ether oxygens (including phenoxy) is 2. The zero-order valence-electron chi connectivity index (χ0n) is 12.4. The SMILES string of the molecule is CC.CC(C)OC(=O)N(C)CCN1CCOCC1. The highest BCUT2D eigenvalue weighted by molar-refractivity contribution is 5.67. The van der Waals surface area contributed by atoms with Crippen LogP contribution in [-0.4, -0.2) is 68.4 Å². The van der Waals surface area contributed by atoms with Crippen molar-refractivity contribution in [3.05, 3.63) is 0 Å². The van der Waals surface area contributed by atoms with Gasteiger partial charge in [0.25, 0.3) is 0 Å². The number of rotatable bonds is 4. The molecule has 0 radical (unpaired) electrons. The van der Waals surface area contributed by atoms with Crippen LogP contribution in [0.3, 0.4) is 0 Å². The molecule has 1 aliphatic heterocycles. The van der Waals surface area contributed by atoms with Crippen molar-refractivity contribution in [2.45, 2.75) is 33.8 Å². The van der Waals surface area contributed by atoms with Gasteiger partial charge in [0, 0.05) is 33.2 Å². The summed E-state index contributed by atoms with van der Waals surface area (Å²) in [7, 11) is 1.77. The number of hydrogen-bond donors (Lipinski definition) is 0. The van der Waals surface area contributed by atoms with Crippen molar-refractivity contribution in [1.82, 2.24) is 9.80 Å². The van der Waals surface area contributed by atoms with Gasteiger partial charge < -0.3 is 14.4 Å². The second-order valence-corrected chi connectivity index (χ2v) is 4.31. The van der Waals surface area contributed by atoms with Crippen LogP contribution in [0.15, 0.2) is 0 Å². The highest BCUT2D eigenvalue weighted by atomic mass is 16.6. The first-order valence-corrected chi connectivity index (χ1v) is 6.81. The third-order valence-corrected chi connectivity index (χ3v) is 2.50. The Labute approximate surface area is 111 Å². The highest BCUT2D eigenvalue weighted by Gasteiger charge is 2.14. The van der Waals surface area contributed by atoms with Crippen LogP contribution in [0.2, 0.25) is 0 Å². The number of morpholine rings is 1. The number of amides is 1. The van der Waals surface area contributed by atoms with Crippen LogP contribution >= 0.6 is 0 Å². The lowest BCUT2D eigenvalue weighted by Crippen LogP contribution is -2.42. The number of nitrogens with zero attached hydrogens (tertiary/aromatic N) is 2.